The van der Waals surface area contributed by atoms with E-state index in [0.717, 1.165) is 28.7 Å². The number of hydrogen-bond acceptors (Lipinski definition) is 6. The Balaban J connectivity index is 1.68. The van der Waals surface area contributed by atoms with Gasteiger partial charge in [0.2, 0.25) is 11.8 Å². The zero-order chi connectivity index (χ0) is 18.7. The van der Waals surface area contributed by atoms with E-state index in [9.17, 15) is 17.6 Å². The van der Waals surface area contributed by atoms with E-state index in [4.69, 9.17) is 4.42 Å². The molecule has 0 aliphatic heterocycles. The van der Waals surface area contributed by atoms with Gasteiger partial charge in [0.15, 0.2) is 9.84 Å². The van der Waals surface area contributed by atoms with Crippen LogP contribution in [-0.4, -0.2) is 30.3 Å². The number of nitrogens with zero attached hydrogens (tertiary/aromatic N) is 2. The standard InChI is InChI=1S/C16H11BrFN3O4S/c17-11-3-1-10(2-4-11)15-20-21-16(25-15)19-14(22)9-26(23,24)13-7-5-12(18)6-8-13/h1-8H,9H2,(H,19,21,22). The van der Waals surface area contributed by atoms with Crippen molar-refractivity contribution in [2.45, 2.75) is 4.90 Å². The second kappa shape index (κ2) is 7.34. The zero-order valence-corrected chi connectivity index (χ0v) is 15.4. The number of benzene rings is 2. The minimum absolute atomic E-state index is 0.157. The molecule has 0 bridgehead atoms. The molecule has 1 heterocycles. The number of anilines is 1. The second-order valence-electron chi connectivity index (χ2n) is 5.18. The van der Waals surface area contributed by atoms with Gasteiger partial charge in [-0.05, 0) is 48.5 Å². The highest BCUT2D eigenvalue weighted by Gasteiger charge is 2.21. The summed E-state index contributed by atoms with van der Waals surface area (Å²) in [5, 5.41) is 9.70. The molecule has 0 fully saturated rings. The Morgan fingerprint density at radius 1 is 1.08 bits per heavy atom. The lowest BCUT2D eigenvalue weighted by molar-refractivity contribution is -0.114. The predicted molar refractivity (Wildman–Crippen MR) is 94.5 cm³/mol. The van der Waals surface area contributed by atoms with Gasteiger partial charge in [-0.1, -0.05) is 21.0 Å². The Kier molecular flexibility index (Phi) is 5.14. The molecule has 10 heteroatoms. The lowest BCUT2D eigenvalue weighted by Crippen LogP contribution is -2.23. The van der Waals surface area contributed by atoms with Crippen LogP contribution in [0, 0.1) is 5.82 Å². The molecule has 1 amide bonds. The molecule has 1 aromatic heterocycles. The van der Waals surface area contributed by atoms with Crippen LogP contribution in [0.25, 0.3) is 11.5 Å². The van der Waals surface area contributed by atoms with Crippen molar-refractivity contribution in [2.24, 2.45) is 0 Å². The molecule has 0 saturated carbocycles. The fourth-order valence-corrected chi connectivity index (χ4v) is 3.44. The maximum atomic E-state index is 12.9. The van der Waals surface area contributed by atoms with Gasteiger partial charge in [0.05, 0.1) is 4.90 Å². The minimum Gasteiger partial charge on any atom is -0.403 e. The van der Waals surface area contributed by atoms with Crippen LogP contribution in [0.3, 0.4) is 0 Å². The Morgan fingerprint density at radius 2 is 1.73 bits per heavy atom. The average Bonchev–Trinajstić information content (AvgIpc) is 3.03. The molecule has 0 saturated heterocycles. The summed E-state index contributed by atoms with van der Waals surface area (Å²) in [6, 6.07) is 11.0. The lowest BCUT2D eigenvalue weighted by atomic mass is 10.2. The van der Waals surface area contributed by atoms with E-state index in [2.05, 4.69) is 31.4 Å². The van der Waals surface area contributed by atoms with Crippen LogP contribution in [0.4, 0.5) is 10.4 Å². The average molecular weight is 440 g/mol. The number of nitrogens with one attached hydrogen (secondary N) is 1. The minimum atomic E-state index is -3.92. The molecule has 3 aromatic rings. The third-order valence-electron chi connectivity index (χ3n) is 3.26. The molecule has 1 N–H and O–H groups in total. The van der Waals surface area contributed by atoms with Crippen LogP contribution in [0.15, 0.2) is 62.3 Å². The Labute approximate surface area is 156 Å². The Hall–Kier alpha value is -2.59. The van der Waals surface area contributed by atoms with E-state index < -0.39 is 27.3 Å². The molecule has 0 aliphatic rings. The molecular formula is C16H11BrFN3O4S. The van der Waals surface area contributed by atoms with Crippen molar-refractivity contribution in [1.82, 2.24) is 10.2 Å². The van der Waals surface area contributed by atoms with E-state index in [1.807, 2.05) is 0 Å². The number of halogens is 2. The van der Waals surface area contributed by atoms with Crippen molar-refractivity contribution >= 4 is 37.7 Å². The fraction of sp³-hybridized carbons (Fsp3) is 0.0625. The Morgan fingerprint density at radius 3 is 2.38 bits per heavy atom. The number of sulfone groups is 1. The number of carbonyl (C=O) groups excluding carboxylic acids is 1. The molecule has 0 aliphatic carbocycles. The number of carbonyl (C=O) groups is 1. The molecule has 3 rings (SSSR count). The predicted octanol–water partition coefficient (Wildman–Crippen LogP) is 3.05. The molecule has 0 radical (unpaired) electrons. The van der Waals surface area contributed by atoms with E-state index >= 15 is 0 Å². The summed E-state index contributed by atoms with van der Waals surface area (Å²) < 4.78 is 43.4. The van der Waals surface area contributed by atoms with Crippen LogP contribution in [0.5, 0.6) is 0 Å². The first-order valence-corrected chi connectivity index (χ1v) is 9.66. The monoisotopic (exact) mass is 439 g/mol. The topological polar surface area (TPSA) is 102 Å². The third-order valence-corrected chi connectivity index (χ3v) is 5.42. The maximum absolute atomic E-state index is 12.9. The molecule has 0 unspecified atom stereocenters. The molecule has 0 spiro atoms. The highest BCUT2D eigenvalue weighted by Crippen LogP contribution is 2.22. The van der Waals surface area contributed by atoms with E-state index in [1.54, 1.807) is 24.3 Å². The first-order valence-electron chi connectivity index (χ1n) is 7.21. The van der Waals surface area contributed by atoms with Crippen LogP contribution < -0.4 is 5.32 Å². The largest absolute Gasteiger partial charge is 0.403 e. The van der Waals surface area contributed by atoms with Crippen LogP contribution in [0.1, 0.15) is 0 Å². The highest BCUT2D eigenvalue weighted by molar-refractivity contribution is 9.10. The van der Waals surface area contributed by atoms with E-state index in [0.29, 0.717) is 5.56 Å². The summed E-state index contributed by atoms with van der Waals surface area (Å²) in [5.41, 5.74) is 0.639. The maximum Gasteiger partial charge on any atom is 0.322 e. The summed E-state index contributed by atoms with van der Waals surface area (Å²) in [6.45, 7) is 0. The van der Waals surface area contributed by atoms with Gasteiger partial charge in [0, 0.05) is 10.0 Å². The van der Waals surface area contributed by atoms with E-state index in [-0.39, 0.29) is 16.8 Å². The third kappa shape index (κ3) is 4.33. The van der Waals surface area contributed by atoms with Crippen LogP contribution in [-0.2, 0) is 14.6 Å². The SMILES string of the molecule is O=C(CS(=O)(=O)c1ccc(F)cc1)Nc1nnc(-c2ccc(Br)cc2)o1. The first kappa shape index (κ1) is 18.2. The second-order valence-corrected chi connectivity index (χ2v) is 8.09. The summed E-state index contributed by atoms with van der Waals surface area (Å²) in [5.74, 6) is -2.08. The molecule has 7 nitrogen and oxygen atoms in total. The van der Waals surface area contributed by atoms with Crippen molar-refractivity contribution in [3.63, 3.8) is 0 Å². The van der Waals surface area contributed by atoms with Crippen LogP contribution >= 0.6 is 15.9 Å². The summed E-state index contributed by atoms with van der Waals surface area (Å²) in [4.78, 5) is 11.8. The Bertz CT molecular complexity index is 1030. The van der Waals surface area contributed by atoms with Gasteiger partial charge < -0.3 is 4.42 Å². The first-order chi connectivity index (χ1) is 12.3. The van der Waals surface area contributed by atoms with Gasteiger partial charge in [-0.2, -0.15) is 0 Å². The molecule has 0 atom stereocenters. The highest BCUT2D eigenvalue weighted by atomic mass is 79.9. The number of amides is 1. The van der Waals surface area contributed by atoms with Crippen LogP contribution in [0.2, 0.25) is 0 Å². The number of rotatable bonds is 5. The lowest BCUT2D eigenvalue weighted by Gasteiger charge is -2.03. The van der Waals surface area contributed by atoms with Crippen molar-refractivity contribution in [2.75, 3.05) is 11.1 Å². The van der Waals surface area contributed by atoms with Gasteiger partial charge in [-0.3, -0.25) is 10.1 Å². The smallest absolute Gasteiger partial charge is 0.322 e. The zero-order valence-electron chi connectivity index (χ0n) is 13.0. The summed E-state index contributed by atoms with van der Waals surface area (Å²) >= 11 is 3.31. The molecule has 26 heavy (non-hydrogen) atoms. The van der Waals surface area contributed by atoms with Crippen molar-refractivity contribution in [1.29, 1.82) is 0 Å². The summed E-state index contributed by atoms with van der Waals surface area (Å²) in [6.07, 6.45) is 0. The van der Waals surface area contributed by atoms with Gasteiger partial charge in [-0.15, -0.1) is 5.10 Å². The van der Waals surface area contributed by atoms with E-state index in [1.165, 1.54) is 0 Å². The van der Waals surface area contributed by atoms with Gasteiger partial charge in [-0.25, -0.2) is 12.8 Å². The molecule has 134 valence electrons. The van der Waals surface area contributed by atoms with Crippen molar-refractivity contribution < 1.29 is 22.0 Å². The van der Waals surface area contributed by atoms with Gasteiger partial charge >= 0.3 is 6.01 Å². The van der Waals surface area contributed by atoms with Gasteiger partial charge in [0.25, 0.3) is 0 Å². The number of hydrogen-bond donors (Lipinski definition) is 1. The summed E-state index contributed by atoms with van der Waals surface area (Å²) in [7, 11) is -3.92. The van der Waals surface area contributed by atoms with Crippen molar-refractivity contribution in [3.05, 3.63) is 58.8 Å². The van der Waals surface area contributed by atoms with Crippen molar-refractivity contribution in [3.8, 4) is 11.5 Å². The number of aromatic nitrogens is 2. The fourth-order valence-electron chi connectivity index (χ4n) is 2.04. The quantitative estimate of drug-likeness (QED) is 0.612. The van der Waals surface area contributed by atoms with Gasteiger partial charge in [0.1, 0.15) is 11.6 Å². The normalized spacial score (nSPS) is 11.3. The molecular weight excluding hydrogens is 429 g/mol. The molecule has 2 aromatic carbocycles.